The molecule has 2 aromatic rings. The number of carbonyl (C=O) groups is 1. The van der Waals surface area contributed by atoms with E-state index in [-0.39, 0.29) is 11.8 Å². The minimum Gasteiger partial charge on any atom is -0.336 e. The van der Waals surface area contributed by atoms with Crippen molar-refractivity contribution in [1.82, 2.24) is 4.90 Å². The zero-order chi connectivity index (χ0) is 16.1. The summed E-state index contributed by atoms with van der Waals surface area (Å²) in [6.45, 7) is 3.20. The molecule has 0 unspecified atom stereocenters. The molecule has 22 heavy (non-hydrogen) atoms. The fourth-order valence-corrected chi connectivity index (χ4v) is 3.69. The molecule has 2 nitrogen and oxygen atoms in total. The Hall–Kier alpha value is -0.740. The van der Waals surface area contributed by atoms with Crippen LogP contribution in [0.25, 0.3) is 0 Å². The molecule has 1 aromatic heterocycles. The largest absolute Gasteiger partial charge is 0.336 e. The highest BCUT2D eigenvalue weighted by Gasteiger charge is 2.15. The van der Waals surface area contributed by atoms with Gasteiger partial charge in [0, 0.05) is 21.5 Å². The number of amides is 1. The minimum absolute atomic E-state index is 0.0151. The Kier molecular flexibility index (Phi) is 6.57. The van der Waals surface area contributed by atoms with Crippen molar-refractivity contribution in [2.24, 2.45) is 0 Å². The maximum Gasteiger partial charge on any atom is 0.237 e. The summed E-state index contributed by atoms with van der Waals surface area (Å²) >= 11 is 19.5. The van der Waals surface area contributed by atoms with Crippen molar-refractivity contribution >= 4 is 52.0 Å². The Morgan fingerprint density at radius 2 is 2.05 bits per heavy atom. The standard InChI is InChI=1S/C16H16Cl3NOS/c1-11-5-7-22-15(11)10-20(16(21)9-17)6-4-12-2-3-13(18)8-14(12)19/h2-3,5,7-8H,4,6,9-10H2,1H3. The normalized spacial score (nSPS) is 10.7. The second-order valence-electron chi connectivity index (χ2n) is 4.96. The number of nitrogens with zero attached hydrogens (tertiary/aromatic N) is 1. The van der Waals surface area contributed by atoms with Crippen LogP contribution in [0.4, 0.5) is 0 Å². The number of carbonyl (C=O) groups excluding carboxylic acids is 1. The highest BCUT2D eigenvalue weighted by Crippen LogP contribution is 2.23. The van der Waals surface area contributed by atoms with Gasteiger partial charge in [0.05, 0.1) is 6.54 Å². The third kappa shape index (κ3) is 4.63. The quantitative estimate of drug-likeness (QED) is 0.637. The number of rotatable bonds is 6. The van der Waals surface area contributed by atoms with Gasteiger partial charge in [0.25, 0.3) is 0 Å². The second kappa shape index (κ2) is 8.21. The van der Waals surface area contributed by atoms with Gasteiger partial charge in [-0.05, 0) is 48.1 Å². The fourth-order valence-electron chi connectivity index (χ4n) is 2.10. The second-order valence-corrected chi connectivity index (χ2v) is 7.07. The molecule has 2 rings (SSSR count). The highest BCUT2D eigenvalue weighted by molar-refractivity contribution is 7.10. The van der Waals surface area contributed by atoms with Crippen LogP contribution >= 0.6 is 46.1 Å². The van der Waals surface area contributed by atoms with Gasteiger partial charge in [-0.25, -0.2) is 0 Å². The Balaban J connectivity index is 2.07. The lowest BCUT2D eigenvalue weighted by Crippen LogP contribution is -2.33. The average molecular weight is 377 g/mol. The predicted molar refractivity (Wildman–Crippen MR) is 95.4 cm³/mol. The zero-order valence-electron chi connectivity index (χ0n) is 12.1. The van der Waals surface area contributed by atoms with Gasteiger partial charge in [-0.2, -0.15) is 0 Å². The van der Waals surface area contributed by atoms with Crippen molar-refractivity contribution in [2.45, 2.75) is 19.9 Å². The fraction of sp³-hybridized carbons (Fsp3) is 0.312. The smallest absolute Gasteiger partial charge is 0.237 e. The summed E-state index contributed by atoms with van der Waals surface area (Å²) in [5, 5.41) is 3.26. The molecule has 1 amide bonds. The number of aryl methyl sites for hydroxylation is 1. The lowest BCUT2D eigenvalue weighted by Gasteiger charge is -2.22. The maximum atomic E-state index is 12.1. The van der Waals surface area contributed by atoms with E-state index in [1.807, 2.05) is 18.4 Å². The van der Waals surface area contributed by atoms with Gasteiger partial charge in [0.1, 0.15) is 5.88 Å². The Morgan fingerprint density at radius 3 is 2.64 bits per heavy atom. The van der Waals surface area contributed by atoms with Crippen LogP contribution in [-0.2, 0) is 17.8 Å². The number of hydrogen-bond acceptors (Lipinski definition) is 2. The molecule has 6 heteroatoms. The van der Waals surface area contributed by atoms with Crippen molar-refractivity contribution < 1.29 is 4.79 Å². The number of thiophene rings is 1. The molecule has 0 N–H and O–H groups in total. The van der Waals surface area contributed by atoms with Crippen LogP contribution in [0.2, 0.25) is 10.0 Å². The van der Waals surface area contributed by atoms with Gasteiger partial charge >= 0.3 is 0 Å². The Labute approximate surface area is 149 Å². The third-order valence-electron chi connectivity index (χ3n) is 3.44. The SMILES string of the molecule is Cc1ccsc1CN(CCc1ccc(Cl)cc1Cl)C(=O)CCl. The van der Waals surface area contributed by atoms with E-state index in [4.69, 9.17) is 34.8 Å². The van der Waals surface area contributed by atoms with Gasteiger partial charge in [-0.3, -0.25) is 4.79 Å². The lowest BCUT2D eigenvalue weighted by molar-refractivity contribution is -0.129. The molecule has 1 heterocycles. The van der Waals surface area contributed by atoms with E-state index < -0.39 is 0 Å². The Bertz CT molecular complexity index is 657. The van der Waals surface area contributed by atoms with Gasteiger partial charge in [-0.15, -0.1) is 22.9 Å². The van der Waals surface area contributed by atoms with Gasteiger partial charge in [-0.1, -0.05) is 29.3 Å². The highest BCUT2D eigenvalue weighted by atomic mass is 35.5. The van der Waals surface area contributed by atoms with Crippen LogP contribution in [-0.4, -0.2) is 23.2 Å². The molecule has 0 saturated carbocycles. The number of benzene rings is 1. The van der Waals surface area contributed by atoms with Gasteiger partial charge < -0.3 is 4.90 Å². The van der Waals surface area contributed by atoms with Crippen molar-refractivity contribution in [1.29, 1.82) is 0 Å². The van der Waals surface area contributed by atoms with E-state index in [2.05, 4.69) is 6.07 Å². The molecular formula is C16H16Cl3NOS. The number of hydrogen-bond donors (Lipinski definition) is 0. The van der Waals surface area contributed by atoms with E-state index in [1.54, 1.807) is 28.4 Å². The molecule has 0 bridgehead atoms. The molecule has 0 saturated heterocycles. The van der Waals surface area contributed by atoms with Crippen LogP contribution in [0.5, 0.6) is 0 Å². The van der Waals surface area contributed by atoms with Crippen LogP contribution in [0, 0.1) is 6.92 Å². The zero-order valence-corrected chi connectivity index (χ0v) is 15.2. The molecule has 0 atom stereocenters. The first-order valence-electron chi connectivity index (χ1n) is 6.82. The van der Waals surface area contributed by atoms with Crippen LogP contribution in [0.1, 0.15) is 16.0 Å². The summed E-state index contributed by atoms with van der Waals surface area (Å²) in [7, 11) is 0. The first kappa shape index (κ1) is 17.6. The summed E-state index contributed by atoms with van der Waals surface area (Å²) in [6.07, 6.45) is 0.670. The van der Waals surface area contributed by atoms with Crippen molar-refractivity contribution in [3.8, 4) is 0 Å². The van der Waals surface area contributed by atoms with E-state index in [9.17, 15) is 4.79 Å². The monoisotopic (exact) mass is 375 g/mol. The van der Waals surface area contributed by atoms with E-state index in [1.165, 1.54) is 10.4 Å². The number of halogens is 3. The van der Waals surface area contributed by atoms with Crippen molar-refractivity contribution in [2.75, 3.05) is 12.4 Å². The minimum atomic E-state index is -0.0699. The van der Waals surface area contributed by atoms with Crippen molar-refractivity contribution in [3.63, 3.8) is 0 Å². The van der Waals surface area contributed by atoms with Gasteiger partial charge in [0.15, 0.2) is 0 Å². The molecule has 0 radical (unpaired) electrons. The van der Waals surface area contributed by atoms with E-state index >= 15 is 0 Å². The molecule has 0 fully saturated rings. The predicted octanol–water partition coefficient (Wildman–Crippen LogP) is 5.17. The molecule has 1 aromatic carbocycles. The van der Waals surface area contributed by atoms with Crippen molar-refractivity contribution in [3.05, 3.63) is 55.7 Å². The van der Waals surface area contributed by atoms with E-state index in [0.29, 0.717) is 29.6 Å². The van der Waals surface area contributed by atoms with Crippen LogP contribution in [0.15, 0.2) is 29.6 Å². The molecular weight excluding hydrogens is 361 g/mol. The van der Waals surface area contributed by atoms with Crippen LogP contribution < -0.4 is 0 Å². The summed E-state index contributed by atoms with van der Waals surface area (Å²) in [4.78, 5) is 15.0. The molecule has 0 aliphatic heterocycles. The summed E-state index contributed by atoms with van der Waals surface area (Å²) in [6, 6.07) is 7.47. The topological polar surface area (TPSA) is 20.3 Å². The summed E-state index contributed by atoms with van der Waals surface area (Å²) < 4.78 is 0. The maximum absolute atomic E-state index is 12.1. The molecule has 0 aliphatic carbocycles. The lowest BCUT2D eigenvalue weighted by atomic mass is 10.1. The average Bonchev–Trinajstić information content (AvgIpc) is 2.89. The first-order valence-corrected chi connectivity index (χ1v) is 8.99. The summed E-state index contributed by atoms with van der Waals surface area (Å²) in [5.41, 5.74) is 2.17. The third-order valence-corrected chi connectivity index (χ3v) is 5.26. The number of alkyl halides is 1. The van der Waals surface area contributed by atoms with E-state index in [0.717, 1.165) is 5.56 Å². The first-order chi connectivity index (χ1) is 10.5. The molecule has 118 valence electrons. The Morgan fingerprint density at radius 1 is 1.27 bits per heavy atom. The molecule has 0 spiro atoms. The molecule has 0 aliphatic rings. The van der Waals surface area contributed by atoms with Gasteiger partial charge in [0.2, 0.25) is 5.91 Å². The summed E-state index contributed by atoms with van der Waals surface area (Å²) in [5.74, 6) is -0.0850. The van der Waals surface area contributed by atoms with Crippen LogP contribution in [0.3, 0.4) is 0 Å².